The number of aromatic nitrogens is 2. The topological polar surface area (TPSA) is 35.2 Å². The lowest BCUT2D eigenvalue weighted by Crippen LogP contribution is -2.48. The summed E-state index contributed by atoms with van der Waals surface area (Å²) in [5.74, 6) is 0.959. The van der Waals surface area contributed by atoms with E-state index in [1.165, 1.54) is 22.3 Å². The molecular weight excluding hydrogens is 607 g/mol. The number of halogens is 3. The monoisotopic (exact) mass is 656 g/mol. The highest BCUT2D eigenvalue weighted by atomic mass is 35.5. The summed E-state index contributed by atoms with van der Waals surface area (Å²) in [4.78, 5) is 13.9. The van der Waals surface area contributed by atoms with Crippen LogP contribution in [-0.2, 0) is 10.8 Å². The van der Waals surface area contributed by atoms with E-state index in [0.29, 0.717) is 0 Å². The van der Waals surface area contributed by atoms with Crippen LogP contribution in [0.3, 0.4) is 0 Å². The molecule has 1 aliphatic rings. The molecule has 0 saturated carbocycles. The van der Waals surface area contributed by atoms with Crippen LogP contribution in [-0.4, -0.2) is 45.9 Å². The lowest BCUT2D eigenvalue weighted by Gasteiger charge is -2.42. The molecule has 1 unspecified atom stereocenters. The van der Waals surface area contributed by atoms with E-state index in [4.69, 9.17) is 4.98 Å². The molecule has 1 fully saturated rings. The molecule has 7 heteroatoms. The summed E-state index contributed by atoms with van der Waals surface area (Å²) in [6.45, 7) is 22.4. The minimum atomic E-state index is 0. The zero-order valence-corrected chi connectivity index (χ0v) is 30.0. The molecule has 4 aromatic rings. The minimum Gasteiger partial charge on any atom is -0.342 e. The standard InChI is InChI=1S/C37H48N4.3ClH/c1-26-33(39-35(38-26)28-14-10-9-11-15-28)27(2)40-20-22-41(23-21-40)34(29-16-12-18-31(24-29)36(3,4)5)30-17-13-19-32(25-30)37(6,7)8;;;/h9-19,24-25,27,34H,20-23H2,1-8H3,(H,38,39);3*1H. The molecule has 1 aromatic heterocycles. The maximum Gasteiger partial charge on any atom is 0.137 e. The van der Waals surface area contributed by atoms with E-state index < -0.39 is 0 Å². The molecule has 0 spiro atoms. The van der Waals surface area contributed by atoms with E-state index in [1.807, 2.05) is 6.07 Å². The Bertz CT molecular complexity index is 1400. The Balaban J connectivity index is 0.00000225. The fourth-order valence-electron chi connectivity index (χ4n) is 6.13. The zero-order chi connectivity index (χ0) is 29.4. The Morgan fingerprint density at radius 3 is 1.61 bits per heavy atom. The predicted molar refractivity (Wildman–Crippen MR) is 194 cm³/mol. The van der Waals surface area contributed by atoms with Crippen LogP contribution in [0.1, 0.15) is 94.2 Å². The second-order valence-electron chi connectivity index (χ2n) is 13.9. The lowest BCUT2D eigenvalue weighted by molar-refractivity contribution is 0.0825. The van der Waals surface area contributed by atoms with Gasteiger partial charge in [-0.2, -0.15) is 0 Å². The van der Waals surface area contributed by atoms with Gasteiger partial charge in [-0.1, -0.05) is 120 Å². The van der Waals surface area contributed by atoms with Gasteiger partial charge in [0.25, 0.3) is 0 Å². The highest BCUT2D eigenvalue weighted by Crippen LogP contribution is 2.36. The second kappa shape index (κ2) is 15.3. The van der Waals surface area contributed by atoms with E-state index in [-0.39, 0.29) is 60.1 Å². The van der Waals surface area contributed by atoms with Gasteiger partial charge in [-0.25, -0.2) is 4.98 Å². The number of nitrogens with zero attached hydrogens (tertiary/aromatic N) is 3. The van der Waals surface area contributed by atoms with Crippen molar-refractivity contribution in [2.45, 2.75) is 78.3 Å². The molecule has 3 aromatic carbocycles. The highest BCUT2D eigenvalue weighted by Gasteiger charge is 2.31. The summed E-state index contributed by atoms with van der Waals surface area (Å²) in [6, 6.07) is 29.5. The number of hydrogen-bond acceptors (Lipinski definition) is 3. The van der Waals surface area contributed by atoms with Crippen molar-refractivity contribution in [1.29, 1.82) is 0 Å². The average Bonchev–Trinajstić information content (AvgIpc) is 3.34. The highest BCUT2D eigenvalue weighted by molar-refractivity contribution is 5.86. The SMILES string of the molecule is Cc1[nH]c(-c2ccccc2)nc1C(C)N1CCN(C(c2cccc(C(C)(C)C)c2)c2cccc(C(C)(C)C)c2)CC1.Cl.Cl.Cl. The van der Waals surface area contributed by atoms with Gasteiger partial charge in [0.05, 0.1) is 17.8 Å². The van der Waals surface area contributed by atoms with Gasteiger partial charge in [0.1, 0.15) is 5.82 Å². The number of piperazine rings is 1. The van der Waals surface area contributed by atoms with Crippen LogP contribution in [0.4, 0.5) is 0 Å². The van der Waals surface area contributed by atoms with Crippen LogP contribution in [0.5, 0.6) is 0 Å². The van der Waals surface area contributed by atoms with Gasteiger partial charge in [0.2, 0.25) is 0 Å². The maximum absolute atomic E-state index is 5.06. The first-order valence-electron chi connectivity index (χ1n) is 15.2. The van der Waals surface area contributed by atoms with Gasteiger partial charge in [-0.15, -0.1) is 37.2 Å². The zero-order valence-electron chi connectivity index (χ0n) is 27.6. The van der Waals surface area contributed by atoms with Gasteiger partial charge in [-0.3, -0.25) is 9.80 Å². The third-order valence-corrected chi connectivity index (χ3v) is 8.76. The predicted octanol–water partition coefficient (Wildman–Crippen LogP) is 9.71. The molecule has 0 amide bonds. The first-order chi connectivity index (χ1) is 19.4. The van der Waals surface area contributed by atoms with E-state index >= 15 is 0 Å². The molecule has 1 saturated heterocycles. The molecule has 240 valence electrons. The van der Waals surface area contributed by atoms with Crippen LogP contribution in [0.2, 0.25) is 0 Å². The van der Waals surface area contributed by atoms with Crippen LogP contribution in [0.25, 0.3) is 11.4 Å². The van der Waals surface area contributed by atoms with Crippen LogP contribution < -0.4 is 0 Å². The second-order valence-corrected chi connectivity index (χ2v) is 13.9. The van der Waals surface area contributed by atoms with E-state index in [2.05, 4.69) is 143 Å². The Morgan fingerprint density at radius 1 is 0.659 bits per heavy atom. The minimum absolute atomic E-state index is 0. The number of rotatable bonds is 6. The van der Waals surface area contributed by atoms with Crippen molar-refractivity contribution >= 4 is 37.2 Å². The molecule has 44 heavy (non-hydrogen) atoms. The summed E-state index contributed by atoms with van der Waals surface area (Å²) in [6.07, 6.45) is 0. The largest absolute Gasteiger partial charge is 0.342 e. The van der Waals surface area contributed by atoms with Crippen LogP contribution >= 0.6 is 37.2 Å². The number of aromatic amines is 1. The third-order valence-electron chi connectivity index (χ3n) is 8.76. The molecule has 1 aliphatic heterocycles. The summed E-state index contributed by atoms with van der Waals surface area (Å²) in [5.41, 5.74) is 9.24. The molecule has 0 radical (unpaired) electrons. The van der Waals surface area contributed by atoms with Crippen molar-refractivity contribution < 1.29 is 0 Å². The normalized spacial score (nSPS) is 15.2. The summed E-state index contributed by atoms with van der Waals surface area (Å²) >= 11 is 0. The van der Waals surface area contributed by atoms with Crippen molar-refractivity contribution in [1.82, 2.24) is 19.8 Å². The molecule has 0 aliphatic carbocycles. The van der Waals surface area contributed by atoms with Crippen molar-refractivity contribution in [3.8, 4) is 11.4 Å². The molecule has 1 N–H and O–H groups in total. The van der Waals surface area contributed by atoms with E-state index in [0.717, 1.165) is 49.0 Å². The van der Waals surface area contributed by atoms with Gasteiger partial charge < -0.3 is 4.98 Å². The number of aryl methyl sites for hydroxylation is 1. The van der Waals surface area contributed by atoms with Gasteiger partial charge in [0, 0.05) is 37.4 Å². The molecule has 4 nitrogen and oxygen atoms in total. The molecule has 0 bridgehead atoms. The maximum atomic E-state index is 5.06. The van der Waals surface area contributed by atoms with Crippen molar-refractivity contribution in [3.63, 3.8) is 0 Å². The van der Waals surface area contributed by atoms with E-state index in [9.17, 15) is 0 Å². The summed E-state index contributed by atoms with van der Waals surface area (Å²) in [5, 5.41) is 0. The summed E-state index contributed by atoms with van der Waals surface area (Å²) in [7, 11) is 0. The molecule has 5 rings (SSSR count). The first-order valence-corrected chi connectivity index (χ1v) is 15.2. The fourth-order valence-corrected chi connectivity index (χ4v) is 6.13. The third kappa shape index (κ3) is 8.47. The van der Waals surface area contributed by atoms with Crippen LogP contribution in [0.15, 0.2) is 78.9 Å². The quantitative estimate of drug-likeness (QED) is 0.224. The van der Waals surface area contributed by atoms with Crippen molar-refractivity contribution in [2.75, 3.05) is 26.2 Å². The smallest absolute Gasteiger partial charge is 0.137 e. The molecule has 1 atom stereocenters. The number of H-pyrrole nitrogens is 1. The van der Waals surface area contributed by atoms with Gasteiger partial charge in [-0.05, 0) is 46.9 Å². The molecular formula is C37H51Cl3N4. The number of benzene rings is 3. The number of imidazole rings is 1. The van der Waals surface area contributed by atoms with Crippen molar-refractivity contribution in [3.05, 3.63) is 113 Å². The van der Waals surface area contributed by atoms with Crippen LogP contribution in [0, 0.1) is 6.92 Å². The fraction of sp³-hybridized carbons (Fsp3) is 0.432. The first kappa shape index (κ1) is 37.8. The Labute approximate surface area is 284 Å². The Morgan fingerprint density at radius 2 is 1.14 bits per heavy atom. The number of nitrogens with one attached hydrogen (secondary N) is 1. The number of hydrogen-bond donors (Lipinski definition) is 1. The lowest BCUT2D eigenvalue weighted by atomic mass is 9.82. The van der Waals surface area contributed by atoms with E-state index in [1.54, 1.807) is 0 Å². The Kier molecular flexibility index (Phi) is 13.2. The summed E-state index contributed by atoms with van der Waals surface area (Å²) < 4.78 is 0. The van der Waals surface area contributed by atoms with Gasteiger partial charge >= 0.3 is 0 Å². The average molecular weight is 658 g/mol. The van der Waals surface area contributed by atoms with Crippen molar-refractivity contribution in [2.24, 2.45) is 0 Å². The Hall–Kier alpha value is -2.34. The molecule has 2 heterocycles. The van der Waals surface area contributed by atoms with Gasteiger partial charge in [0.15, 0.2) is 0 Å².